The number of methoxy groups -OCH3 is 1. The van der Waals surface area contributed by atoms with Gasteiger partial charge in [0.05, 0.1) is 5.69 Å². The van der Waals surface area contributed by atoms with Crippen LogP contribution in [0.5, 0.6) is 0 Å². The zero-order valence-electron chi connectivity index (χ0n) is 14.5. The molecule has 0 aliphatic carbocycles. The molecule has 1 aromatic rings. The molecule has 0 saturated carbocycles. The van der Waals surface area contributed by atoms with Crippen LogP contribution in [0.15, 0.2) is 10.6 Å². The van der Waals surface area contributed by atoms with E-state index < -0.39 is 0 Å². The van der Waals surface area contributed by atoms with E-state index in [-0.39, 0.29) is 5.91 Å². The number of nitrogens with one attached hydrogen (secondary N) is 1. The zero-order chi connectivity index (χ0) is 16.7. The van der Waals surface area contributed by atoms with Gasteiger partial charge in [-0.15, -0.1) is 0 Å². The Morgan fingerprint density at radius 3 is 2.91 bits per heavy atom. The van der Waals surface area contributed by atoms with Crippen molar-refractivity contribution in [2.45, 2.75) is 39.7 Å². The number of nitrogens with zero attached hydrogens (tertiary/aromatic N) is 2. The second kappa shape index (κ2) is 9.03. The lowest BCUT2D eigenvalue weighted by molar-refractivity contribution is -0.132. The van der Waals surface area contributed by atoms with Crippen LogP contribution >= 0.6 is 0 Å². The van der Waals surface area contributed by atoms with Crippen molar-refractivity contribution in [1.82, 2.24) is 15.4 Å². The minimum Gasteiger partial charge on any atom is -0.377 e. The number of piperidine rings is 1. The van der Waals surface area contributed by atoms with Crippen molar-refractivity contribution < 1.29 is 14.1 Å². The molecule has 0 aromatic carbocycles. The minimum atomic E-state index is 0.270. The number of hydrogen-bond acceptors (Lipinski definition) is 5. The molecule has 1 N–H and O–H groups in total. The van der Waals surface area contributed by atoms with Crippen molar-refractivity contribution in [3.63, 3.8) is 0 Å². The first-order chi connectivity index (χ1) is 11.2. The molecule has 6 heteroatoms. The maximum atomic E-state index is 12.4. The molecule has 2 rings (SSSR count). The Morgan fingerprint density at radius 1 is 1.43 bits per heavy atom. The highest BCUT2D eigenvalue weighted by Crippen LogP contribution is 2.27. The van der Waals surface area contributed by atoms with Crippen LogP contribution in [0.2, 0.25) is 0 Å². The standard InChI is InChI=1S/C17H29N3O3/c1-4-20(5-2)17(21)9-13-6-7-18-11-14(13)8-15-10-16(12-22-3)23-19-15/h10,13-14,18H,4-9,11-12H2,1-3H3/t13-,14+/m1/s1. The SMILES string of the molecule is CCN(CC)C(=O)C[C@H]1CCNC[C@@H]1Cc1cc(COC)on1. The Morgan fingerprint density at radius 2 is 2.22 bits per heavy atom. The summed E-state index contributed by atoms with van der Waals surface area (Å²) in [5, 5.41) is 7.57. The van der Waals surface area contributed by atoms with Crippen molar-refractivity contribution in [3.8, 4) is 0 Å². The van der Waals surface area contributed by atoms with Crippen molar-refractivity contribution >= 4 is 5.91 Å². The van der Waals surface area contributed by atoms with Crippen LogP contribution in [0.1, 0.15) is 38.1 Å². The van der Waals surface area contributed by atoms with Gasteiger partial charge >= 0.3 is 0 Å². The number of aromatic nitrogens is 1. The Bertz CT molecular complexity index is 485. The number of carbonyl (C=O) groups is 1. The van der Waals surface area contributed by atoms with Gasteiger partial charge in [0.15, 0.2) is 5.76 Å². The highest BCUT2D eigenvalue weighted by atomic mass is 16.5. The van der Waals surface area contributed by atoms with Gasteiger partial charge in [-0.25, -0.2) is 0 Å². The van der Waals surface area contributed by atoms with Crippen molar-refractivity contribution in [3.05, 3.63) is 17.5 Å². The quantitative estimate of drug-likeness (QED) is 0.791. The first kappa shape index (κ1) is 17.9. The molecule has 1 aromatic heterocycles. The molecule has 0 unspecified atom stereocenters. The molecule has 1 aliphatic rings. The van der Waals surface area contributed by atoms with E-state index in [1.54, 1.807) is 7.11 Å². The average Bonchev–Trinajstić information content (AvgIpc) is 2.98. The van der Waals surface area contributed by atoms with Gasteiger partial charge in [0.1, 0.15) is 6.61 Å². The molecule has 1 saturated heterocycles. The number of rotatable bonds is 8. The van der Waals surface area contributed by atoms with Crippen molar-refractivity contribution in [1.29, 1.82) is 0 Å². The summed E-state index contributed by atoms with van der Waals surface area (Å²) >= 11 is 0. The third kappa shape index (κ3) is 5.04. The van der Waals surface area contributed by atoms with E-state index in [9.17, 15) is 4.79 Å². The van der Waals surface area contributed by atoms with E-state index in [2.05, 4.69) is 10.5 Å². The summed E-state index contributed by atoms with van der Waals surface area (Å²) in [6.45, 7) is 8.01. The third-order valence-corrected chi connectivity index (χ3v) is 4.68. The van der Waals surface area contributed by atoms with Gasteiger partial charge in [0.25, 0.3) is 0 Å². The molecule has 2 atom stereocenters. The minimum absolute atomic E-state index is 0.270. The van der Waals surface area contributed by atoms with Crippen LogP contribution in [0.4, 0.5) is 0 Å². The van der Waals surface area contributed by atoms with E-state index in [1.165, 1.54) is 0 Å². The topological polar surface area (TPSA) is 67.6 Å². The molecule has 6 nitrogen and oxygen atoms in total. The molecule has 1 amide bonds. The van der Waals surface area contributed by atoms with Crippen LogP contribution in [0, 0.1) is 11.8 Å². The molecular formula is C17H29N3O3. The van der Waals surface area contributed by atoms with E-state index in [0.717, 1.165) is 50.5 Å². The van der Waals surface area contributed by atoms with Gasteiger partial charge in [-0.2, -0.15) is 0 Å². The molecule has 2 heterocycles. The van der Waals surface area contributed by atoms with Crippen molar-refractivity contribution in [2.24, 2.45) is 11.8 Å². The first-order valence-corrected chi connectivity index (χ1v) is 8.59. The Hall–Kier alpha value is -1.40. The maximum absolute atomic E-state index is 12.4. The van der Waals surface area contributed by atoms with Crippen LogP contribution in [-0.2, 0) is 22.6 Å². The van der Waals surface area contributed by atoms with Crippen LogP contribution in [-0.4, -0.2) is 49.3 Å². The van der Waals surface area contributed by atoms with Crippen molar-refractivity contribution in [2.75, 3.05) is 33.3 Å². The summed E-state index contributed by atoms with van der Waals surface area (Å²) < 4.78 is 10.3. The summed E-state index contributed by atoms with van der Waals surface area (Å²) in [7, 11) is 1.64. The molecule has 1 fully saturated rings. The Balaban J connectivity index is 1.95. The smallest absolute Gasteiger partial charge is 0.222 e. The summed E-state index contributed by atoms with van der Waals surface area (Å²) in [4.78, 5) is 14.3. The van der Waals surface area contributed by atoms with Gasteiger partial charge in [-0.05, 0) is 51.6 Å². The molecule has 0 bridgehead atoms. The molecular weight excluding hydrogens is 294 g/mol. The lowest BCUT2D eigenvalue weighted by Gasteiger charge is -2.32. The molecule has 0 spiro atoms. The van der Waals surface area contributed by atoms with Crippen LogP contribution < -0.4 is 5.32 Å². The fraction of sp³-hybridized carbons (Fsp3) is 0.765. The van der Waals surface area contributed by atoms with Gasteiger partial charge in [-0.1, -0.05) is 5.16 Å². The molecule has 0 radical (unpaired) electrons. The average molecular weight is 323 g/mol. The number of carbonyl (C=O) groups excluding carboxylic acids is 1. The van der Waals surface area contributed by atoms with E-state index in [0.29, 0.717) is 24.9 Å². The predicted molar refractivity (Wildman–Crippen MR) is 87.9 cm³/mol. The predicted octanol–water partition coefficient (Wildman–Crippen LogP) is 1.85. The Kier molecular flexibility index (Phi) is 7.05. The lowest BCUT2D eigenvalue weighted by Crippen LogP contribution is -2.41. The number of hydrogen-bond donors (Lipinski definition) is 1. The second-order valence-electron chi connectivity index (χ2n) is 6.20. The molecule has 1 aliphatic heterocycles. The summed E-state index contributed by atoms with van der Waals surface area (Å²) in [5.74, 6) is 1.85. The summed E-state index contributed by atoms with van der Waals surface area (Å²) in [5.41, 5.74) is 0.950. The monoisotopic (exact) mass is 323 g/mol. The normalized spacial score (nSPS) is 21.3. The summed E-state index contributed by atoms with van der Waals surface area (Å²) in [6.07, 6.45) is 2.52. The number of ether oxygens (including phenoxy) is 1. The highest BCUT2D eigenvalue weighted by molar-refractivity contribution is 5.76. The Labute approximate surface area is 138 Å². The first-order valence-electron chi connectivity index (χ1n) is 8.59. The van der Waals surface area contributed by atoms with Gasteiger partial charge < -0.3 is 19.5 Å². The molecule has 23 heavy (non-hydrogen) atoms. The van der Waals surface area contributed by atoms with Crippen LogP contribution in [0.25, 0.3) is 0 Å². The number of amides is 1. The van der Waals surface area contributed by atoms with Gasteiger partial charge in [0, 0.05) is 32.7 Å². The van der Waals surface area contributed by atoms with E-state index >= 15 is 0 Å². The second-order valence-corrected chi connectivity index (χ2v) is 6.20. The fourth-order valence-corrected chi connectivity index (χ4v) is 3.35. The maximum Gasteiger partial charge on any atom is 0.222 e. The van der Waals surface area contributed by atoms with E-state index in [4.69, 9.17) is 9.26 Å². The summed E-state index contributed by atoms with van der Waals surface area (Å²) in [6, 6.07) is 1.96. The highest BCUT2D eigenvalue weighted by Gasteiger charge is 2.29. The van der Waals surface area contributed by atoms with Crippen LogP contribution in [0.3, 0.4) is 0 Å². The zero-order valence-corrected chi connectivity index (χ0v) is 14.5. The fourth-order valence-electron chi connectivity index (χ4n) is 3.35. The molecule has 130 valence electrons. The van der Waals surface area contributed by atoms with E-state index in [1.807, 2.05) is 24.8 Å². The largest absolute Gasteiger partial charge is 0.377 e. The van der Waals surface area contributed by atoms with Gasteiger partial charge in [-0.3, -0.25) is 4.79 Å². The van der Waals surface area contributed by atoms with Gasteiger partial charge in [0.2, 0.25) is 5.91 Å². The lowest BCUT2D eigenvalue weighted by atomic mass is 9.81. The third-order valence-electron chi connectivity index (χ3n) is 4.68.